The highest BCUT2D eigenvalue weighted by molar-refractivity contribution is 5.69. The lowest BCUT2D eigenvalue weighted by molar-refractivity contribution is 0.105. The first-order chi connectivity index (χ1) is 8.69. The van der Waals surface area contributed by atoms with Crippen molar-refractivity contribution in [3.8, 4) is 0 Å². The molecule has 1 aromatic carbocycles. The molecule has 0 aliphatic heterocycles. The van der Waals surface area contributed by atoms with Crippen molar-refractivity contribution in [2.75, 3.05) is 44.0 Å². The van der Waals surface area contributed by atoms with Gasteiger partial charge in [0, 0.05) is 20.2 Å². The van der Waals surface area contributed by atoms with Crippen LogP contribution in [0.15, 0.2) is 18.2 Å². The molecule has 0 amide bonds. The molecule has 0 radical (unpaired) electrons. The molecule has 0 saturated heterocycles. The molecule has 1 unspecified atom stereocenters. The largest absolute Gasteiger partial charge is 0.394 e. The monoisotopic (exact) mass is 258 g/mol. The topological polar surface area (TPSA) is 73.8 Å². The van der Waals surface area contributed by atoms with Crippen molar-refractivity contribution in [3.63, 3.8) is 0 Å². The van der Waals surface area contributed by atoms with Gasteiger partial charge >= 0.3 is 0 Å². The summed E-state index contributed by atoms with van der Waals surface area (Å²) in [6.45, 7) is 0.759. The summed E-state index contributed by atoms with van der Waals surface area (Å²) in [4.78, 5) is 0. The average molecular weight is 258 g/mol. The number of benzene rings is 1. The Hall–Kier alpha value is -1.37. The molecule has 0 aromatic heterocycles. The van der Waals surface area contributed by atoms with Crippen LogP contribution in [0.25, 0.3) is 0 Å². The van der Waals surface area contributed by atoms with Crippen molar-refractivity contribution < 1.29 is 19.3 Å². The van der Waals surface area contributed by atoms with Gasteiger partial charge in [-0.3, -0.25) is 0 Å². The van der Waals surface area contributed by atoms with Crippen LogP contribution in [0.1, 0.15) is 0 Å². The second-order valence-corrected chi connectivity index (χ2v) is 3.80. The molecule has 5 nitrogen and oxygen atoms in total. The van der Waals surface area contributed by atoms with E-state index in [1.165, 1.54) is 6.07 Å². The van der Waals surface area contributed by atoms with Gasteiger partial charge in [0.1, 0.15) is 5.82 Å². The minimum absolute atomic E-state index is 0.152. The molecule has 0 fully saturated rings. The zero-order valence-electron chi connectivity index (χ0n) is 10.3. The Balaban J connectivity index is 2.67. The number of hydrogen-bond acceptors (Lipinski definition) is 5. The fourth-order valence-corrected chi connectivity index (χ4v) is 1.42. The highest BCUT2D eigenvalue weighted by Crippen LogP contribution is 2.24. The number of rotatable bonds is 8. The Kier molecular flexibility index (Phi) is 6.42. The zero-order valence-corrected chi connectivity index (χ0v) is 10.3. The van der Waals surface area contributed by atoms with Gasteiger partial charge in [-0.1, -0.05) is 6.07 Å². The van der Waals surface area contributed by atoms with Crippen LogP contribution in [0.3, 0.4) is 0 Å². The molecule has 18 heavy (non-hydrogen) atoms. The maximum absolute atomic E-state index is 13.6. The number of aliphatic hydroxyl groups is 2. The SMILES string of the molecule is COCCNc1c(F)cccc1NCC(O)CO. The van der Waals surface area contributed by atoms with E-state index in [9.17, 15) is 9.50 Å². The standard InChI is InChI=1S/C12H19FN2O3/c1-18-6-5-14-12-10(13)3-2-4-11(12)15-7-9(17)8-16/h2-4,9,14-17H,5-8H2,1H3. The lowest BCUT2D eigenvalue weighted by atomic mass is 10.2. The molecule has 1 atom stereocenters. The third-order valence-electron chi connectivity index (χ3n) is 2.36. The predicted molar refractivity (Wildman–Crippen MR) is 68.3 cm³/mol. The quantitative estimate of drug-likeness (QED) is 0.515. The van der Waals surface area contributed by atoms with E-state index < -0.39 is 6.10 Å². The van der Waals surface area contributed by atoms with E-state index in [2.05, 4.69) is 10.6 Å². The van der Waals surface area contributed by atoms with Gasteiger partial charge in [-0.2, -0.15) is 0 Å². The van der Waals surface area contributed by atoms with Crippen molar-refractivity contribution in [2.45, 2.75) is 6.10 Å². The third kappa shape index (κ3) is 4.48. The number of aliphatic hydroxyl groups excluding tert-OH is 2. The van der Waals surface area contributed by atoms with Gasteiger partial charge in [0.05, 0.1) is 30.7 Å². The van der Waals surface area contributed by atoms with E-state index in [1.807, 2.05) is 0 Å². The average Bonchev–Trinajstić information content (AvgIpc) is 2.38. The maximum Gasteiger partial charge on any atom is 0.148 e. The molecule has 1 rings (SSSR count). The van der Waals surface area contributed by atoms with Crippen LogP contribution >= 0.6 is 0 Å². The summed E-state index contributed by atoms with van der Waals surface area (Å²) in [6, 6.07) is 4.62. The normalized spacial score (nSPS) is 12.2. The Labute approximate surface area is 106 Å². The van der Waals surface area contributed by atoms with Crippen LogP contribution in [-0.4, -0.2) is 49.7 Å². The summed E-state index contributed by atoms with van der Waals surface area (Å²) in [7, 11) is 1.57. The predicted octanol–water partition coefficient (Wildman–Crippen LogP) is 0.649. The van der Waals surface area contributed by atoms with E-state index in [0.717, 1.165) is 0 Å². The summed E-state index contributed by atoms with van der Waals surface area (Å²) in [5, 5.41) is 23.8. The fourth-order valence-electron chi connectivity index (χ4n) is 1.42. The molecule has 4 N–H and O–H groups in total. The Morgan fingerprint density at radius 2 is 2.17 bits per heavy atom. The van der Waals surface area contributed by atoms with Crippen molar-refractivity contribution in [1.82, 2.24) is 0 Å². The maximum atomic E-state index is 13.6. The van der Waals surface area contributed by atoms with Crippen LogP contribution in [0.2, 0.25) is 0 Å². The van der Waals surface area contributed by atoms with Crippen molar-refractivity contribution in [3.05, 3.63) is 24.0 Å². The molecule has 102 valence electrons. The molecule has 0 heterocycles. The molecule has 0 bridgehead atoms. The molecule has 1 aromatic rings. The fraction of sp³-hybridized carbons (Fsp3) is 0.500. The van der Waals surface area contributed by atoms with Gasteiger partial charge in [-0.25, -0.2) is 4.39 Å². The number of methoxy groups -OCH3 is 1. The van der Waals surface area contributed by atoms with E-state index in [4.69, 9.17) is 9.84 Å². The Bertz CT molecular complexity index is 363. The van der Waals surface area contributed by atoms with E-state index in [1.54, 1.807) is 19.2 Å². The van der Waals surface area contributed by atoms with Gasteiger partial charge in [-0.15, -0.1) is 0 Å². The first-order valence-electron chi connectivity index (χ1n) is 5.73. The molecule has 0 aliphatic carbocycles. The van der Waals surface area contributed by atoms with Crippen molar-refractivity contribution in [2.24, 2.45) is 0 Å². The number of nitrogens with one attached hydrogen (secondary N) is 2. The van der Waals surface area contributed by atoms with Crippen LogP contribution in [0.4, 0.5) is 15.8 Å². The molecule has 6 heteroatoms. The van der Waals surface area contributed by atoms with E-state index in [0.29, 0.717) is 24.5 Å². The molecule has 0 spiro atoms. The number of ether oxygens (including phenoxy) is 1. The summed E-state index contributed by atoms with van der Waals surface area (Å²) < 4.78 is 18.5. The minimum Gasteiger partial charge on any atom is -0.394 e. The smallest absolute Gasteiger partial charge is 0.148 e. The first-order valence-corrected chi connectivity index (χ1v) is 5.73. The Morgan fingerprint density at radius 3 is 2.83 bits per heavy atom. The molecular formula is C12H19FN2O3. The lowest BCUT2D eigenvalue weighted by Crippen LogP contribution is -2.23. The molecular weight excluding hydrogens is 239 g/mol. The van der Waals surface area contributed by atoms with Gasteiger partial charge in [0.25, 0.3) is 0 Å². The summed E-state index contributed by atoms with van der Waals surface area (Å²) in [5.41, 5.74) is 0.873. The second kappa shape index (κ2) is 7.86. The van der Waals surface area contributed by atoms with Crippen LogP contribution in [-0.2, 0) is 4.74 Å². The van der Waals surface area contributed by atoms with E-state index in [-0.39, 0.29) is 19.0 Å². The lowest BCUT2D eigenvalue weighted by Gasteiger charge is -2.16. The molecule has 0 saturated carbocycles. The Morgan fingerprint density at radius 1 is 1.39 bits per heavy atom. The van der Waals surface area contributed by atoms with Crippen LogP contribution in [0.5, 0.6) is 0 Å². The van der Waals surface area contributed by atoms with Crippen LogP contribution in [0, 0.1) is 5.82 Å². The van der Waals surface area contributed by atoms with Gasteiger partial charge in [0.2, 0.25) is 0 Å². The summed E-state index contributed by atoms with van der Waals surface area (Å²) in [5.74, 6) is -0.380. The van der Waals surface area contributed by atoms with Gasteiger partial charge < -0.3 is 25.6 Å². The number of para-hydroxylation sites is 1. The molecule has 0 aliphatic rings. The highest BCUT2D eigenvalue weighted by Gasteiger charge is 2.09. The second-order valence-electron chi connectivity index (χ2n) is 3.80. The third-order valence-corrected chi connectivity index (χ3v) is 2.36. The van der Waals surface area contributed by atoms with Gasteiger partial charge in [-0.05, 0) is 12.1 Å². The summed E-state index contributed by atoms with van der Waals surface area (Å²) in [6.07, 6.45) is -0.875. The van der Waals surface area contributed by atoms with E-state index >= 15 is 0 Å². The number of halogens is 1. The minimum atomic E-state index is -0.875. The zero-order chi connectivity index (χ0) is 13.4. The van der Waals surface area contributed by atoms with Crippen molar-refractivity contribution >= 4 is 11.4 Å². The number of anilines is 2. The number of hydrogen-bond donors (Lipinski definition) is 4. The van der Waals surface area contributed by atoms with Crippen LogP contribution < -0.4 is 10.6 Å². The highest BCUT2D eigenvalue weighted by atomic mass is 19.1. The first kappa shape index (κ1) is 14.7. The summed E-state index contributed by atoms with van der Waals surface area (Å²) >= 11 is 0. The van der Waals surface area contributed by atoms with Crippen molar-refractivity contribution in [1.29, 1.82) is 0 Å². The van der Waals surface area contributed by atoms with Gasteiger partial charge in [0.15, 0.2) is 0 Å².